The van der Waals surface area contributed by atoms with Gasteiger partial charge in [0.05, 0.1) is 12.0 Å². The van der Waals surface area contributed by atoms with E-state index in [1.807, 2.05) is 18.0 Å². The highest BCUT2D eigenvalue weighted by Gasteiger charge is 2.26. The fourth-order valence-corrected chi connectivity index (χ4v) is 3.22. The molecule has 3 heterocycles. The van der Waals surface area contributed by atoms with E-state index in [1.165, 1.54) is 0 Å². The van der Waals surface area contributed by atoms with Gasteiger partial charge in [0.2, 0.25) is 0 Å². The Morgan fingerprint density at radius 1 is 1.16 bits per heavy atom. The average Bonchev–Trinajstić information content (AvgIpc) is 2.95. The Balaban J connectivity index is 1.81. The van der Waals surface area contributed by atoms with Gasteiger partial charge in [-0.25, -0.2) is 4.98 Å². The number of fused-ring (bicyclic) bond motifs is 1. The molecular formula is C19H26N4O2. The molecular weight excluding hydrogens is 316 g/mol. The molecule has 25 heavy (non-hydrogen) atoms. The molecule has 0 aliphatic carbocycles. The predicted molar refractivity (Wildman–Crippen MR) is 97.2 cm³/mol. The van der Waals surface area contributed by atoms with Crippen molar-refractivity contribution in [2.45, 2.75) is 47.1 Å². The molecule has 6 heteroatoms. The van der Waals surface area contributed by atoms with Crippen LogP contribution in [0.3, 0.4) is 0 Å². The van der Waals surface area contributed by atoms with Crippen LogP contribution >= 0.6 is 0 Å². The van der Waals surface area contributed by atoms with Crippen molar-refractivity contribution in [2.24, 2.45) is 5.41 Å². The number of amides is 1. The molecule has 1 aliphatic rings. The Hall–Kier alpha value is -2.37. The molecule has 0 saturated carbocycles. The van der Waals surface area contributed by atoms with Gasteiger partial charge in [0.1, 0.15) is 11.4 Å². The highest BCUT2D eigenvalue weighted by Crippen LogP contribution is 2.21. The smallest absolute Gasteiger partial charge is 0.275 e. The average molecular weight is 342 g/mol. The molecule has 0 N–H and O–H groups in total. The summed E-state index contributed by atoms with van der Waals surface area (Å²) in [6.45, 7) is 10.4. The minimum Gasteiger partial charge on any atom is -0.336 e. The third-order valence-electron chi connectivity index (χ3n) is 4.60. The van der Waals surface area contributed by atoms with Gasteiger partial charge in [-0.1, -0.05) is 20.8 Å². The van der Waals surface area contributed by atoms with Crippen LogP contribution in [0.25, 0.3) is 5.69 Å². The van der Waals surface area contributed by atoms with Gasteiger partial charge in [0.25, 0.3) is 11.5 Å². The maximum Gasteiger partial charge on any atom is 0.275 e. The van der Waals surface area contributed by atoms with Gasteiger partial charge in [-0.15, -0.1) is 0 Å². The van der Waals surface area contributed by atoms with Crippen molar-refractivity contribution in [3.8, 4) is 5.69 Å². The summed E-state index contributed by atoms with van der Waals surface area (Å²) in [6.07, 6.45) is 5.49. The van der Waals surface area contributed by atoms with Crippen LogP contribution < -0.4 is 5.56 Å². The highest BCUT2D eigenvalue weighted by atomic mass is 16.2. The summed E-state index contributed by atoms with van der Waals surface area (Å²) in [5, 5.41) is 0. The molecule has 0 spiro atoms. The van der Waals surface area contributed by atoms with Gasteiger partial charge in [-0.2, -0.15) is 0 Å². The van der Waals surface area contributed by atoms with Crippen LogP contribution in [0.2, 0.25) is 0 Å². The van der Waals surface area contributed by atoms with Crippen LogP contribution in [0.1, 0.15) is 49.8 Å². The molecule has 0 fully saturated rings. The maximum absolute atomic E-state index is 12.8. The van der Waals surface area contributed by atoms with E-state index in [1.54, 1.807) is 27.6 Å². The van der Waals surface area contributed by atoms with E-state index in [2.05, 4.69) is 25.8 Å². The molecule has 1 aliphatic heterocycles. The van der Waals surface area contributed by atoms with Crippen LogP contribution in [0.15, 0.2) is 29.5 Å². The minimum absolute atomic E-state index is 0.0504. The van der Waals surface area contributed by atoms with E-state index in [-0.39, 0.29) is 16.9 Å². The van der Waals surface area contributed by atoms with E-state index in [9.17, 15) is 9.59 Å². The minimum atomic E-state index is -0.141. The number of aryl methyl sites for hydroxylation is 1. The van der Waals surface area contributed by atoms with E-state index in [4.69, 9.17) is 0 Å². The topological polar surface area (TPSA) is 60.1 Å². The maximum atomic E-state index is 12.8. The number of aromatic nitrogens is 3. The van der Waals surface area contributed by atoms with Crippen LogP contribution in [0.4, 0.5) is 0 Å². The third kappa shape index (κ3) is 3.67. The first-order valence-electron chi connectivity index (χ1n) is 8.80. The third-order valence-corrected chi connectivity index (χ3v) is 4.60. The number of imidazole rings is 1. The summed E-state index contributed by atoms with van der Waals surface area (Å²) in [6, 6.07) is 3.47. The number of nitrogens with zero attached hydrogens (tertiary/aromatic N) is 4. The van der Waals surface area contributed by atoms with Gasteiger partial charge in [0, 0.05) is 25.8 Å². The summed E-state index contributed by atoms with van der Waals surface area (Å²) >= 11 is 0. The van der Waals surface area contributed by atoms with Crippen molar-refractivity contribution < 1.29 is 4.79 Å². The van der Waals surface area contributed by atoms with Gasteiger partial charge >= 0.3 is 0 Å². The summed E-state index contributed by atoms with van der Waals surface area (Å²) < 4.78 is 3.30. The molecule has 6 nitrogen and oxygen atoms in total. The lowest BCUT2D eigenvalue weighted by Crippen LogP contribution is -2.45. The summed E-state index contributed by atoms with van der Waals surface area (Å²) in [7, 11) is 0. The van der Waals surface area contributed by atoms with Gasteiger partial charge in [-0.05, 0) is 37.3 Å². The van der Waals surface area contributed by atoms with Crippen molar-refractivity contribution >= 4 is 5.91 Å². The molecule has 2 aromatic heterocycles. The number of hydrogen-bond donors (Lipinski definition) is 0. The molecule has 0 atom stereocenters. The lowest BCUT2D eigenvalue weighted by Gasteiger charge is -2.30. The molecule has 3 rings (SSSR count). The molecule has 0 aromatic carbocycles. The van der Waals surface area contributed by atoms with Gasteiger partial charge in [0.15, 0.2) is 0 Å². The Kier molecular flexibility index (Phi) is 4.54. The van der Waals surface area contributed by atoms with E-state index >= 15 is 0 Å². The fraction of sp³-hybridized carbons (Fsp3) is 0.526. The Bertz CT molecular complexity index is 842. The second-order valence-electron chi connectivity index (χ2n) is 7.94. The van der Waals surface area contributed by atoms with Gasteiger partial charge < -0.3 is 14.0 Å². The largest absolute Gasteiger partial charge is 0.336 e. The monoisotopic (exact) mass is 342 g/mol. The molecule has 134 valence electrons. The van der Waals surface area contributed by atoms with Crippen molar-refractivity contribution in [1.29, 1.82) is 0 Å². The van der Waals surface area contributed by atoms with Crippen LogP contribution in [0, 0.1) is 12.3 Å². The van der Waals surface area contributed by atoms with Crippen molar-refractivity contribution in [2.75, 3.05) is 13.1 Å². The van der Waals surface area contributed by atoms with Gasteiger partial charge in [-0.3, -0.25) is 9.59 Å². The quantitative estimate of drug-likeness (QED) is 0.858. The SMILES string of the molecule is Cc1cn(-c2ccc3n(c2=O)CCN(CCCC(C)(C)C)C3=O)cn1. The summed E-state index contributed by atoms with van der Waals surface area (Å²) in [4.78, 5) is 31.5. The molecule has 1 amide bonds. The second kappa shape index (κ2) is 6.50. The van der Waals surface area contributed by atoms with Crippen LogP contribution in [0.5, 0.6) is 0 Å². The lowest BCUT2D eigenvalue weighted by atomic mass is 9.90. The van der Waals surface area contributed by atoms with Crippen molar-refractivity contribution in [3.05, 3.63) is 46.4 Å². The number of carbonyl (C=O) groups excluding carboxylic acids is 1. The first-order chi connectivity index (χ1) is 11.8. The van der Waals surface area contributed by atoms with Crippen LogP contribution in [-0.4, -0.2) is 38.0 Å². The Morgan fingerprint density at radius 2 is 1.92 bits per heavy atom. The molecule has 0 bridgehead atoms. The normalized spacial score (nSPS) is 14.7. The zero-order valence-electron chi connectivity index (χ0n) is 15.5. The number of rotatable bonds is 4. The van der Waals surface area contributed by atoms with Crippen LogP contribution in [-0.2, 0) is 6.54 Å². The number of pyridine rings is 1. The fourth-order valence-electron chi connectivity index (χ4n) is 3.22. The van der Waals surface area contributed by atoms with E-state index in [0.29, 0.717) is 24.5 Å². The first-order valence-corrected chi connectivity index (χ1v) is 8.80. The Labute approximate surface area is 148 Å². The van der Waals surface area contributed by atoms with E-state index < -0.39 is 0 Å². The zero-order chi connectivity index (χ0) is 18.2. The lowest BCUT2D eigenvalue weighted by molar-refractivity contribution is 0.0692. The Morgan fingerprint density at radius 3 is 2.56 bits per heavy atom. The number of carbonyl (C=O) groups is 1. The highest BCUT2D eigenvalue weighted by molar-refractivity contribution is 5.93. The second-order valence-corrected chi connectivity index (χ2v) is 7.94. The molecule has 0 unspecified atom stereocenters. The predicted octanol–water partition coefficient (Wildman–Crippen LogP) is 2.62. The molecule has 0 radical (unpaired) electrons. The van der Waals surface area contributed by atoms with Crippen molar-refractivity contribution in [1.82, 2.24) is 19.0 Å². The van der Waals surface area contributed by atoms with Crippen molar-refractivity contribution in [3.63, 3.8) is 0 Å². The summed E-state index contributed by atoms with van der Waals surface area (Å²) in [5.74, 6) is -0.0504. The first kappa shape index (κ1) is 17.5. The zero-order valence-corrected chi connectivity index (χ0v) is 15.5. The number of hydrogen-bond acceptors (Lipinski definition) is 3. The molecule has 0 saturated heterocycles. The van der Waals surface area contributed by atoms with E-state index in [0.717, 1.165) is 25.1 Å². The summed E-state index contributed by atoms with van der Waals surface area (Å²) in [5.41, 5.74) is 1.98. The molecule has 2 aromatic rings. The standard InChI is InChI=1S/C19H26N4O2/c1-14-12-22(13-20-14)15-6-7-16-17(24)21(9-5-8-19(2,3)4)10-11-23(16)18(15)25/h6-7,12-13H,5,8-11H2,1-4H3.